The fraction of sp³-hybridized carbons (Fsp3) is 0.611. The number of aryl methyl sites for hydroxylation is 1. The molecule has 136 valence electrons. The summed E-state index contributed by atoms with van der Waals surface area (Å²) in [5.74, 6) is 0.935. The number of hydrogen-bond donors (Lipinski definition) is 1. The second kappa shape index (κ2) is 10.9. The van der Waals surface area contributed by atoms with Crippen LogP contribution in [-0.4, -0.2) is 68.7 Å². The van der Waals surface area contributed by atoms with E-state index < -0.39 is 0 Å². The predicted molar refractivity (Wildman–Crippen MR) is 111 cm³/mol. The SMILES string of the molecule is CCNC(=NCC1CN(C)CCO1)N(C)Cc1ccc(C)cc1.I. The van der Waals surface area contributed by atoms with Gasteiger partial charge < -0.3 is 19.9 Å². The topological polar surface area (TPSA) is 40.1 Å². The Labute approximate surface area is 163 Å². The molecule has 1 unspecified atom stereocenters. The summed E-state index contributed by atoms with van der Waals surface area (Å²) in [6.07, 6.45) is 0.190. The first-order valence-corrected chi connectivity index (χ1v) is 8.43. The van der Waals surface area contributed by atoms with Crippen molar-refractivity contribution in [3.63, 3.8) is 0 Å². The van der Waals surface area contributed by atoms with Crippen LogP contribution in [0.25, 0.3) is 0 Å². The number of nitrogens with zero attached hydrogens (tertiary/aromatic N) is 3. The minimum Gasteiger partial charge on any atom is -0.374 e. The molecule has 5 nitrogen and oxygen atoms in total. The number of morpholine rings is 1. The molecule has 1 heterocycles. The van der Waals surface area contributed by atoms with Gasteiger partial charge in [-0.15, -0.1) is 24.0 Å². The molecule has 6 heteroatoms. The zero-order chi connectivity index (χ0) is 16.7. The maximum Gasteiger partial charge on any atom is 0.194 e. The molecule has 1 fully saturated rings. The molecule has 1 aliphatic heterocycles. The van der Waals surface area contributed by atoms with E-state index in [0.717, 1.165) is 38.7 Å². The van der Waals surface area contributed by atoms with Crippen molar-refractivity contribution in [1.29, 1.82) is 0 Å². The van der Waals surface area contributed by atoms with Crippen LogP contribution < -0.4 is 5.32 Å². The zero-order valence-corrected chi connectivity index (χ0v) is 17.6. The van der Waals surface area contributed by atoms with Gasteiger partial charge in [0.2, 0.25) is 0 Å². The van der Waals surface area contributed by atoms with E-state index in [1.807, 2.05) is 0 Å². The summed E-state index contributed by atoms with van der Waals surface area (Å²) in [6.45, 7) is 9.37. The Hall–Kier alpha value is -0.860. The van der Waals surface area contributed by atoms with Crippen LogP contribution in [0.15, 0.2) is 29.3 Å². The summed E-state index contributed by atoms with van der Waals surface area (Å²) in [7, 11) is 4.21. The van der Waals surface area contributed by atoms with Crippen molar-refractivity contribution in [2.75, 3.05) is 46.9 Å². The minimum absolute atomic E-state index is 0. The second-order valence-electron chi connectivity index (χ2n) is 6.29. The van der Waals surface area contributed by atoms with Crippen molar-refractivity contribution < 1.29 is 4.74 Å². The quantitative estimate of drug-likeness (QED) is 0.428. The van der Waals surface area contributed by atoms with Crippen LogP contribution in [0.4, 0.5) is 0 Å². The van der Waals surface area contributed by atoms with E-state index >= 15 is 0 Å². The first-order chi connectivity index (χ1) is 11.1. The Balaban J connectivity index is 0.00000288. The van der Waals surface area contributed by atoms with Gasteiger partial charge in [0.1, 0.15) is 0 Å². The number of hydrogen-bond acceptors (Lipinski definition) is 3. The molecule has 1 atom stereocenters. The number of nitrogens with one attached hydrogen (secondary N) is 1. The fourth-order valence-electron chi connectivity index (χ4n) is 2.68. The van der Waals surface area contributed by atoms with Crippen LogP contribution in [0, 0.1) is 6.92 Å². The lowest BCUT2D eigenvalue weighted by atomic mass is 10.1. The van der Waals surface area contributed by atoms with Crippen molar-refractivity contribution >= 4 is 29.9 Å². The molecule has 0 spiro atoms. The molecular weight excluding hydrogens is 415 g/mol. The Morgan fingerprint density at radius 2 is 2.08 bits per heavy atom. The molecule has 2 rings (SSSR count). The van der Waals surface area contributed by atoms with Gasteiger partial charge >= 0.3 is 0 Å². The standard InChI is InChI=1S/C18H30N4O.HI/c1-5-19-18(20-12-17-14-21(3)10-11-23-17)22(4)13-16-8-6-15(2)7-9-16;/h6-9,17H,5,10-14H2,1-4H3,(H,19,20);1H. The summed E-state index contributed by atoms with van der Waals surface area (Å²) in [5, 5.41) is 3.37. The lowest BCUT2D eigenvalue weighted by Crippen LogP contribution is -2.43. The lowest BCUT2D eigenvalue weighted by Gasteiger charge is -2.29. The van der Waals surface area contributed by atoms with Crippen molar-refractivity contribution in [3.05, 3.63) is 35.4 Å². The molecule has 1 aliphatic rings. The van der Waals surface area contributed by atoms with E-state index in [0.29, 0.717) is 6.54 Å². The first-order valence-electron chi connectivity index (χ1n) is 8.43. The van der Waals surface area contributed by atoms with Crippen LogP contribution in [0.5, 0.6) is 0 Å². The van der Waals surface area contributed by atoms with Gasteiger partial charge in [-0.2, -0.15) is 0 Å². The molecule has 1 aromatic rings. The van der Waals surface area contributed by atoms with Crippen molar-refractivity contribution in [1.82, 2.24) is 15.1 Å². The van der Waals surface area contributed by atoms with Crippen molar-refractivity contribution in [2.24, 2.45) is 4.99 Å². The van der Waals surface area contributed by atoms with E-state index in [2.05, 4.69) is 67.3 Å². The van der Waals surface area contributed by atoms with E-state index in [1.54, 1.807) is 0 Å². The highest BCUT2D eigenvalue weighted by Crippen LogP contribution is 2.07. The van der Waals surface area contributed by atoms with Gasteiger partial charge in [0.15, 0.2) is 5.96 Å². The number of benzene rings is 1. The Kier molecular flexibility index (Phi) is 9.61. The molecule has 0 aromatic heterocycles. The first kappa shape index (κ1) is 21.2. The van der Waals surface area contributed by atoms with Gasteiger partial charge in [0.05, 0.1) is 19.3 Å². The normalized spacial score (nSPS) is 18.8. The van der Waals surface area contributed by atoms with Crippen molar-refractivity contribution in [3.8, 4) is 0 Å². The number of aliphatic imine (C=N–C) groups is 1. The fourth-order valence-corrected chi connectivity index (χ4v) is 2.68. The number of rotatable bonds is 5. The highest BCUT2D eigenvalue weighted by Gasteiger charge is 2.17. The summed E-state index contributed by atoms with van der Waals surface area (Å²) >= 11 is 0. The highest BCUT2D eigenvalue weighted by atomic mass is 127. The summed E-state index contributed by atoms with van der Waals surface area (Å²) in [4.78, 5) is 9.23. The average molecular weight is 446 g/mol. The predicted octanol–water partition coefficient (Wildman–Crippen LogP) is 2.34. The van der Waals surface area contributed by atoms with E-state index in [1.165, 1.54) is 11.1 Å². The van der Waals surface area contributed by atoms with E-state index in [9.17, 15) is 0 Å². The summed E-state index contributed by atoms with van der Waals surface area (Å²) in [5.41, 5.74) is 2.58. The Morgan fingerprint density at radius 1 is 1.38 bits per heavy atom. The molecule has 0 amide bonds. The average Bonchev–Trinajstić information content (AvgIpc) is 2.53. The van der Waals surface area contributed by atoms with Crippen LogP contribution in [-0.2, 0) is 11.3 Å². The third-order valence-electron chi connectivity index (χ3n) is 4.02. The molecule has 1 saturated heterocycles. The highest BCUT2D eigenvalue weighted by molar-refractivity contribution is 14.0. The van der Waals surface area contributed by atoms with Crippen LogP contribution >= 0.6 is 24.0 Å². The molecule has 0 aliphatic carbocycles. The third kappa shape index (κ3) is 6.94. The van der Waals surface area contributed by atoms with Crippen LogP contribution in [0.2, 0.25) is 0 Å². The second-order valence-corrected chi connectivity index (χ2v) is 6.29. The molecule has 0 bridgehead atoms. The molecule has 0 radical (unpaired) electrons. The summed E-state index contributed by atoms with van der Waals surface area (Å²) in [6, 6.07) is 8.65. The molecule has 1 N–H and O–H groups in total. The van der Waals surface area contributed by atoms with E-state index in [4.69, 9.17) is 9.73 Å². The third-order valence-corrected chi connectivity index (χ3v) is 4.02. The van der Waals surface area contributed by atoms with Gasteiger partial charge in [0.25, 0.3) is 0 Å². The number of likely N-dealkylation sites (N-methyl/N-ethyl adjacent to an activating group) is 1. The number of ether oxygens (including phenoxy) is 1. The number of guanidine groups is 1. The zero-order valence-electron chi connectivity index (χ0n) is 15.3. The summed E-state index contributed by atoms with van der Waals surface area (Å²) < 4.78 is 5.79. The van der Waals surface area contributed by atoms with Crippen LogP contribution in [0.1, 0.15) is 18.1 Å². The molecule has 24 heavy (non-hydrogen) atoms. The monoisotopic (exact) mass is 446 g/mol. The van der Waals surface area contributed by atoms with Gasteiger partial charge in [-0.1, -0.05) is 29.8 Å². The maximum absolute atomic E-state index is 5.79. The lowest BCUT2D eigenvalue weighted by molar-refractivity contribution is -0.0137. The largest absolute Gasteiger partial charge is 0.374 e. The smallest absolute Gasteiger partial charge is 0.194 e. The van der Waals surface area contributed by atoms with E-state index in [-0.39, 0.29) is 30.1 Å². The Morgan fingerprint density at radius 3 is 2.71 bits per heavy atom. The maximum atomic E-state index is 5.79. The Bertz CT molecular complexity index is 506. The minimum atomic E-state index is 0. The van der Waals surface area contributed by atoms with Gasteiger partial charge in [-0.25, -0.2) is 0 Å². The van der Waals surface area contributed by atoms with Crippen LogP contribution in [0.3, 0.4) is 0 Å². The van der Waals surface area contributed by atoms with Gasteiger partial charge in [-0.05, 0) is 26.5 Å². The number of halogens is 1. The molecule has 1 aromatic carbocycles. The molecule has 0 saturated carbocycles. The van der Waals surface area contributed by atoms with Crippen molar-refractivity contribution in [2.45, 2.75) is 26.5 Å². The molecular formula is C18H31IN4O. The van der Waals surface area contributed by atoms with Gasteiger partial charge in [0, 0.05) is 33.2 Å². The van der Waals surface area contributed by atoms with Gasteiger partial charge in [-0.3, -0.25) is 4.99 Å².